The van der Waals surface area contributed by atoms with Gasteiger partial charge in [0.05, 0.1) is 0 Å². The summed E-state index contributed by atoms with van der Waals surface area (Å²) in [5.41, 5.74) is -5.23. The third-order valence-corrected chi connectivity index (χ3v) is 20.3. The number of benzene rings is 6. The van der Waals surface area contributed by atoms with Crippen LogP contribution in [0.2, 0.25) is 0 Å². The second kappa shape index (κ2) is 38.0. The van der Waals surface area contributed by atoms with Crippen molar-refractivity contribution in [2.45, 2.75) is 95.7 Å². The van der Waals surface area contributed by atoms with Crippen molar-refractivity contribution in [3.05, 3.63) is 296 Å². The molecule has 6 bridgehead atoms. The molecular weight excluding hydrogens is 1680 g/mol. The number of nitrogens with one attached hydrogen (secondary N) is 3. The number of hydrogen-bond acceptors (Lipinski definition) is 16. The highest BCUT2D eigenvalue weighted by molar-refractivity contribution is 7.93. The first kappa shape index (κ1) is 89.3. The van der Waals surface area contributed by atoms with Gasteiger partial charge in [-0.25, -0.2) is 65.9 Å². The van der Waals surface area contributed by atoms with Crippen LogP contribution in [0.1, 0.15) is 134 Å². The molecule has 3 saturated heterocycles. The van der Waals surface area contributed by atoms with Crippen molar-refractivity contribution in [3.8, 4) is 17.2 Å². The van der Waals surface area contributed by atoms with Gasteiger partial charge in [0.15, 0.2) is 34.3 Å². The van der Waals surface area contributed by atoms with E-state index in [4.69, 9.17) is 14.2 Å². The van der Waals surface area contributed by atoms with E-state index in [0.29, 0.717) is 53.1 Å². The Kier molecular flexibility index (Phi) is 27.6. The summed E-state index contributed by atoms with van der Waals surface area (Å²) >= 11 is 0.250. The number of carbonyl (C=O) groups is 6. The third-order valence-electron chi connectivity index (χ3n) is 20.3. The van der Waals surface area contributed by atoms with Crippen LogP contribution in [0.4, 0.5) is 69.7 Å². The van der Waals surface area contributed by atoms with Crippen molar-refractivity contribution in [2.24, 2.45) is 0 Å². The van der Waals surface area contributed by atoms with E-state index in [-0.39, 0.29) is 108 Å². The monoisotopic (exact) mass is 1750 g/mol. The Balaban J connectivity index is 0.000000166. The van der Waals surface area contributed by atoms with E-state index >= 15 is 0 Å². The molecule has 9 aromatic rings. The molecule has 6 aromatic carbocycles. The normalized spacial score (nSPS) is 15.9. The van der Waals surface area contributed by atoms with Crippen molar-refractivity contribution >= 4 is 47.6 Å². The van der Waals surface area contributed by atoms with Crippen LogP contribution in [-0.2, 0) is 39.5 Å². The first-order chi connectivity index (χ1) is 58.5. The number of carbonyl (C=O) groups excluding carboxylic acids is 6. The Morgan fingerprint density at radius 2 is 0.585 bits per heavy atom. The Hall–Kier alpha value is -13.0. The second-order valence-electron chi connectivity index (χ2n) is 28.6. The van der Waals surface area contributed by atoms with Gasteiger partial charge in [-0.1, -0.05) is 91.0 Å². The molecule has 0 saturated carbocycles. The van der Waals surface area contributed by atoms with Crippen LogP contribution < -0.4 is 61.5 Å². The van der Waals surface area contributed by atoms with Gasteiger partial charge >= 0.3 is 0 Å². The fourth-order valence-corrected chi connectivity index (χ4v) is 13.7. The van der Waals surface area contributed by atoms with Gasteiger partial charge in [0, 0.05) is 188 Å². The smallest absolute Gasteiger partial charge is 0.277 e. The molecular formula is C82H72F16N12O12S. The number of alkyl halides is 6. The molecule has 41 heteroatoms. The average molecular weight is 1750 g/mol. The van der Waals surface area contributed by atoms with Crippen LogP contribution in [0, 0.1) is 52.4 Å². The van der Waals surface area contributed by atoms with E-state index in [2.05, 4.69) is 16.0 Å². The minimum absolute atomic E-state index is 0.0734. The fourth-order valence-electron chi connectivity index (χ4n) is 13.7. The predicted octanol–water partition coefficient (Wildman–Crippen LogP) is 11.9. The summed E-state index contributed by atoms with van der Waals surface area (Å²) in [6.07, 6.45) is 1.19. The number of amides is 6. The molecule has 0 spiro atoms. The first-order valence-corrected chi connectivity index (χ1v) is 38.7. The van der Waals surface area contributed by atoms with Gasteiger partial charge in [0.25, 0.3) is 53.2 Å². The Labute approximate surface area is 691 Å². The fraction of sp³-hybridized carbons (Fsp3) is 0.305. The molecule has 6 aliphatic rings. The van der Waals surface area contributed by atoms with Crippen molar-refractivity contribution in [1.82, 2.24) is 44.7 Å². The third kappa shape index (κ3) is 20.8. The van der Waals surface area contributed by atoms with Crippen molar-refractivity contribution in [3.63, 3.8) is 0 Å². The summed E-state index contributed by atoms with van der Waals surface area (Å²) in [5, 5.41) is 10.8. The number of hydrogen-bond donors (Lipinski definition) is 3. The number of fused-ring (bicyclic) bond motifs is 12. The quantitative estimate of drug-likeness (QED) is 0.0675. The SMILES string of the molecule is CSF.O=C(NCc1c(F)cc(F)cc1F)c1cn2c(c(OCc3ccccc3)c1=O)C(=O)N1CCC(F)(F)CCN2C1.O=C(NCc1c(F)cc(F)cc1F)c1cn2c(c(OCc3ccccc3)c1=O)C(=O)N1CCC(F)(F)CCN2C1.O=C(NCc1c(F)cc(F)cc1F)c1cn2c(c(OCc3ccccc3)c1=O)C(=O)N1CCC(F)(F)CCN2C1. The minimum atomic E-state index is -3.04. The summed E-state index contributed by atoms with van der Waals surface area (Å²) < 4.78 is 241. The van der Waals surface area contributed by atoms with Crippen LogP contribution in [0.15, 0.2) is 160 Å². The summed E-state index contributed by atoms with van der Waals surface area (Å²) in [7, 11) is 0. The first-order valence-electron chi connectivity index (χ1n) is 37.6. The Morgan fingerprint density at radius 1 is 0.366 bits per heavy atom. The molecule has 3 fully saturated rings. The Bertz CT molecular complexity index is 5090. The lowest BCUT2D eigenvalue weighted by atomic mass is 10.1. The highest BCUT2D eigenvalue weighted by atomic mass is 32.2. The molecule has 9 heterocycles. The largest absolute Gasteiger partial charge is 0.482 e. The van der Waals surface area contributed by atoms with Crippen molar-refractivity contribution in [1.29, 1.82) is 0 Å². The lowest BCUT2D eigenvalue weighted by Gasteiger charge is -2.42. The zero-order valence-corrected chi connectivity index (χ0v) is 65.4. The molecule has 15 rings (SSSR count). The maximum absolute atomic E-state index is 14.3. The van der Waals surface area contributed by atoms with Gasteiger partial charge in [-0.3, -0.25) is 72.2 Å². The van der Waals surface area contributed by atoms with Gasteiger partial charge in [0.1, 0.15) is 109 Å². The second-order valence-corrected chi connectivity index (χ2v) is 28.9. The van der Waals surface area contributed by atoms with Crippen molar-refractivity contribution < 1.29 is 113 Å². The van der Waals surface area contributed by atoms with E-state index in [9.17, 15) is 113 Å². The lowest BCUT2D eigenvalue weighted by molar-refractivity contribution is -0.0311. The molecule has 0 atom stereocenters. The predicted molar refractivity (Wildman–Crippen MR) is 411 cm³/mol. The van der Waals surface area contributed by atoms with Crippen molar-refractivity contribution in [2.75, 3.05) is 80.6 Å². The highest BCUT2D eigenvalue weighted by Crippen LogP contribution is 2.35. The zero-order valence-electron chi connectivity index (χ0n) is 64.6. The van der Waals surface area contributed by atoms with Crippen LogP contribution in [0.5, 0.6) is 17.2 Å². The summed E-state index contributed by atoms with van der Waals surface area (Å²) in [4.78, 5) is 123. The molecule has 3 aromatic heterocycles. The number of nitrogens with zero attached hydrogens (tertiary/aromatic N) is 9. The van der Waals surface area contributed by atoms with E-state index < -0.39 is 231 Å². The summed E-state index contributed by atoms with van der Waals surface area (Å²) in [6.45, 7) is -4.23. The molecule has 24 nitrogen and oxygen atoms in total. The molecule has 0 aliphatic carbocycles. The van der Waals surface area contributed by atoms with Gasteiger partial charge in [-0.05, 0) is 16.7 Å². The number of aromatic nitrogens is 3. The van der Waals surface area contributed by atoms with Crippen LogP contribution >= 0.6 is 12.1 Å². The van der Waals surface area contributed by atoms with E-state index in [0.717, 1.165) is 32.6 Å². The molecule has 123 heavy (non-hydrogen) atoms. The van der Waals surface area contributed by atoms with Crippen LogP contribution in [0.3, 0.4) is 0 Å². The van der Waals surface area contributed by atoms with Gasteiger partial charge in [-0.2, -0.15) is 3.89 Å². The number of pyridine rings is 3. The van der Waals surface area contributed by atoms with E-state index in [1.807, 2.05) is 0 Å². The maximum Gasteiger partial charge on any atom is 0.277 e. The molecule has 0 radical (unpaired) electrons. The standard InChI is InChI=1S/3C27H23F5N4O4.CH3FS/c3*28-17-10-20(29)18(21(30)11-17)12-33-25(38)19-13-36-22(24(23(19)37)40-14-16-4-2-1-3-5-16)26(39)34-8-6-27(31,32)7-9-35(36)15-34;1-3-2/h3*1-5,10-11,13H,6-9,12,14-15H2,(H,33,38);1H3. The van der Waals surface area contributed by atoms with Gasteiger partial charge in [-0.15, -0.1) is 0 Å². The average Bonchev–Trinajstić information content (AvgIpc) is 0.753. The lowest BCUT2D eigenvalue weighted by Crippen LogP contribution is -2.57. The summed E-state index contributed by atoms with van der Waals surface area (Å²) in [5.74, 6) is -26.8. The van der Waals surface area contributed by atoms with Gasteiger partial charge < -0.3 is 44.9 Å². The van der Waals surface area contributed by atoms with Gasteiger partial charge in [0.2, 0.25) is 16.3 Å². The molecule has 650 valence electrons. The number of rotatable bonds is 18. The van der Waals surface area contributed by atoms with Crippen LogP contribution in [-0.4, -0.2) is 147 Å². The molecule has 0 unspecified atom stereocenters. The van der Waals surface area contributed by atoms with E-state index in [1.165, 1.54) is 36.0 Å². The van der Waals surface area contributed by atoms with E-state index in [1.54, 1.807) is 91.0 Å². The topological polar surface area (TPSA) is 252 Å². The maximum atomic E-state index is 14.3. The summed E-state index contributed by atoms with van der Waals surface area (Å²) in [6, 6.07) is 28.7. The molecule has 3 N–H and O–H groups in total. The Morgan fingerprint density at radius 3 is 0.813 bits per heavy atom. The molecule has 6 aliphatic heterocycles. The minimum Gasteiger partial charge on any atom is -0.482 e. The number of halogens is 16. The molecule has 6 amide bonds. The zero-order chi connectivity index (χ0) is 88.5. The highest BCUT2D eigenvalue weighted by Gasteiger charge is 2.45. The number of ether oxygens (including phenoxy) is 3. The van der Waals surface area contributed by atoms with Crippen LogP contribution in [0.25, 0.3) is 0 Å².